The van der Waals surface area contributed by atoms with E-state index in [-0.39, 0.29) is 6.42 Å². The highest BCUT2D eigenvalue weighted by molar-refractivity contribution is 5.67. The first-order chi connectivity index (χ1) is 8.15. The third kappa shape index (κ3) is 4.44. The number of hydrogen-bond acceptors (Lipinski definition) is 3. The zero-order chi connectivity index (χ0) is 12.7. The number of aliphatic carboxylic acids is 1. The fourth-order valence-electron chi connectivity index (χ4n) is 1.46. The van der Waals surface area contributed by atoms with Crippen LogP contribution in [-0.4, -0.2) is 24.2 Å². The topological polar surface area (TPSA) is 95.3 Å². The van der Waals surface area contributed by atoms with Crippen molar-refractivity contribution in [2.75, 3.05) is 7.11 Å². The Morgan fingerprint density at radius 3 is 2.65 bits per heavy atom. The minimum absolute atomic E-state index is 0.171. The van der Waals surface area contributed by atoms with Crippen LogP contribution >= 0.6 is 0 Å². The number of carboxylic acids is 1. The molecular formula is C11H13N3O3. The number of carboxylic acid groups (broad SMARTS) is 1. The molecule has 0 spiro atoms. The van der Waals surface area contributed by atoms with Gasteiger partial charge in [-0.3, -0.25) is 4.79 Å². The SMILES string of the molecule is COc1ccc(CC(CC(=O)O)N=[N+]=[N-])cc1. The molecule has 0 aliphatic carbocycles. The van der Waals surface area contributed by atoms with Crippen molar-refractivity contribution in [1.29, 1.82) is 0 Å². The third-order valence-corrected chi connectivity index (χ3v) is 2.26. The number of methoxy groups -OCH3 is 1. The summed E-state index contributed by atoms with van der Waals surface area (Å²) in [7, 11) is 1.57. The standard InChI is InChI=1S/C11H13N3O3/c1-17-10-4-2-8(3-5-10)6-9(13-14-12)7-11(15)16/h2-5,9H,6-7H2,1H3,(H,15,16). The summed E-state index contributed by atoms with van der Waals surface area (Å²) in [5.41, 5.74) is 9.26. The van der Waals surface area contributed by atoms with E-state index in [0.717, 1.165) is 11.3 Å². The maximum absolute atomic E-state index is 10.6. The number of carbonyl (C=O) groups is 1. The lowest BCUT2D eigenvalue weighted by Crippen LogP contribution is -2.13. The van der Waals surface area contributed by atoms with Crippen LogP contribution < -0.4 is 4.74 Å². The van der Waals surface area contributed by atoms with Crippen molar-refractivity contribution in [3.63, 3.8) is 0 Å². The van der Waals surface area contributed by atoms with Crippen molar-refractivity contribution < 1.29 is 14.6 Å². The lowest BCUT2D eigenvalue weighted by Gasteiger charge is -2.08. The van der Waals surface area contributed by atoms with Gasteiger partial charge < -0.3 is 9.84 Å². The van der Waals surface area contributed by atoms with Crippen LogP contribution in [0.1, 0.15) is 12.0 Å². The van der Waals surface area contributed by atoms with Crippen LogP contribution in [0, 0.1) is 0 Å². The predicted molar refractivity (Wildman–Crippen MR) is 61.9 cm³/mol. The van der Waals surface area contributed by atoms with Gasteiger partial charge in [-0.05, 0) is 29.6 Å². The van der Waals surface area contributed by atoms with Crippen LogP contribution in [-0.2, 0) is 11.2 Å². The Balaban J connectivity index is 2.71. The van der Waals surface area contributed by atoms with Gasteiger partial charge in [-0.1, -0.05) is 17.2 Å². The molecule has 1 rings (SSSR count). The number of benzene rings is 1. The molecule has 17 heavy (non-hydrogen) atoms. The van der Waals surface area contributed by atoms with Gasteiger partial charge in [-0.15, -0.1) is 0 Å². The third-order valence-electron chi connectivity index (χ3n) is 2.26. The first-order valence-electron chi connectivity index (χ1n) is 5.04. The molecule has 1 unspecified atom stereocenters. The van der Waals surface area contributed by atoms with Crippen LogP contribution in [0.4, 0.5) is 0 Å². The Kier molecular flexibility index (Phi) is 4.84. The smallest absolute Gasteiger partial charge is 0.303 e. The Hall–Kier alpha value is -2.20. The van der Waals surface area contributed by atoms with E-state index >= 15 is 0 Å². The van der Waals surface area contributed by atoms with Gasteiger partial charge in [-0.2, -0.15) is 0 Å². The molecule has 0 aromatic heterocycles. The average Bonchev–Trinajstić information content (AvgIpc) is 2.29. The normalized spacial score (nSPS) is 11.4. The van der Waals surface area contributed by atoms with Crippen LogP contribution in [0.3, 0.4) is 0 Å². The zero-order valence-electron chi connectivity index (χ0n) is 9.41. The molecule has 0 aliphatic rings. The highest BCUT2D eigenvalue weighted by atomic mass is 16.5. The lowest BCUT2D eigenvalue weighted by molar-refractivity contribution is -0.137. The van der Waals surface area contributed by atoms with Crippen molar-refractivity contribution >= 4 is 5.97 Å². The van der Waals surface area contributed by atoms with Crippen molar-refractivity contribution in [1.82, 2.24) is 0 Å². The van der Waals surface area contributed by atoms with Crippen LogP contribution in [0.5, 0.6) is 5.75 Å². The number of hydrogen-bond donors (Lipinski definition) is 1. The van der Waals surface area contributed by atoms with E-state index < -0.39 is 12.0 Å². The number of ether oxygens (including phenoxy) is 1. The van der Waals surface area contributed by atoms with Crippen LogP contribution in [0.2, 0.25) is 0 Å². The van der Waals surface area contributed by atoms with Crippen LogP contribution in [0.25, 0.3) is 10.4 Å². The molecule has 0 aliphatic heterocycles. The molecular weight excluding hydrogens is 222 g/mol. The Morgan fingerprint density at radius 2 is 2.18 bits per heavy atom. The van der Waals surface area contributed by atoms with E-state index in [1.807, 2.05) is 12.1 Å². The maximum atomic E-state index is 10.6. The minimum Gasteiger partial charge on any atom is -0.497 e. The summed E-state index contributed by atoms with van der Waals surface area (Å²) in [5.74, 6) is -0.247. The second-order valence-electron chi connectivity index (χ2n) is 3.51. The van der Waals surface area contributed by atoms with E-state index in [0.29, 0.717) is 6.42 Å². The minimum atomic E-state index is -0.976. The molecule has 1 aromatic carbocycles. The average molecular weight is 235 g/mol. The molecule has 0 saturated carbocycles. The van der Waals surface area contributed by atoms with Gasteiger partial charge in [0.15, 0.2) is 0 Å². The number of rotatable bonds is 6. The van der Waals surface area contributed by atoms with E-state index in [9.17, 15) is 4.79 Å². The van der Waals surface area contributed by atoms with Gasteiger partial charge in [0, 0.05) is 4.91 Å². The molecule has 1 N–H and O–H groups in total. The lowest BCUT2D eigenvalue weighted by atomic mass is 10.0. The van der Waals surface area contributed by atoms with E-state index in [1.165, 1.54) is 0 Å². The molecule has 0 saturated heterocycles. The molecule has 6 nitrogen and oxygen atoms in total. The van der Waals surface area contributed by atoms with Crippen LogP contribution in [0.15, 0.2) is 29.4 Å². The van der Waals surface area contributed by atoms with Crippen molar-refractivity contribution in [3.05, 3.63) is 40.3 Å². The van der Waals surface area contributed by atoms with Gasteiger partial charge >= 0.3 is 5.97 Å². The summed E-state index contributed by atoms with van der Waals surface area (Å²) in [4.78, 5) is 13.2. The fourth-order valence-corrected chi connectivity index (χ4v) is 1.46. The van der Waals surface area contributed by atoms with E-state index in [4.69, 9.17) is 15.4 Å². The molecule has 0 heterocycles. The summed E-state index contributed by atoms with van der Waals surface area (Å²) in [6, 6.07) is 6.64. The van der Waals surface area contributed by atoms with E-state index in [1.54, 1.807) is 19.2 Å². The molecule has 1 atom stereocenters. The first-order valence-corrected chi connectivity index (χ1v) is 5.04. The fraction of sp³-hybridized carbons (Fsp3) is 0.364. The second kappa shape index (κ2) is 6.40. The molecule has 1 aromatic rings. The summed E-state index contributed by atoms with van der Waals surface area (Å²) >= 11 is 0. The van der Waals surface area contributed by atoms with Gasteiger partial charge in [0.05, 0.1) is 19.6 Å². The highest BCUT2D eigenvalue weighted by Gasteiger charge is 2.12. The molecule has 90 valence electrons. The Morgan fingerprint density at radius 1 is 1.53 bits per heavy atom. The Bertz CT molecular complexity index is 424. The summed E-state index contributed by atoms with van der Waals surface area (Å²) in [6.45, 7) is 0. The summed E-state index contributed by atoms with van der Waals surface area (Å²) in [6.07, 6.45) is 0.233. The van der Waals surface area contributed by atoms with Gasteiger partial charge in [0.1, 0.15) is 5.75 Å². The van der Waals surface area contributed by atoms with Gasteiger partial charge in [0.25, 0.3) is 0 Å². The molecule has 0 bridgehead atoms. The van der Waals surface area contributed by atoms with Crippen molar-refractivity contribution in [2.24, 2.45) is 5.11 Å². The Labute approximate surface area is 98.5 Å². The highest BCUT2D eigenvalue weighted by Crippen LogP contribution is 2.15. The van der Waals surface area contributed by atoms with Gasteiger partial charge in [0.2, 0.25) is 0 Å². The summed E-state index contributed by atoms with van der Waals surface area (Å²) in [5, 5.41) is 12.1. The first kappa shape index (κ1) is 12.9. The quantitative estimate of drug-likeness (QED) is 0.465. The van der Waals surface area contributed by atoms with E-state index in [2.05, 4.69) is 10.0 Å². The van der Waals surface area contributed by atoms with Gasteiger partial charge in [-0.25, -0.2) is 0 Å². The predicted octanol–water partition coefficient (Wildman–Crippen LogP) is 2.39. The zero-order valence-corrected chi connectivity index (χ0v) is 9.41. The summed E-state index contributed by atoms with van der Waals surface area (Å²) < 4.78 is 5.01. The molecule has 0 fully saturated rings. The number of azide groups is 1. The largest absolute Gasteiger partial charge is 0.497 e. The van der Waals surface area contributed by atoms with Crippen molar-refractivity contribution in [3.8, 4) is 5.75 Å². The monoisotopic (exact) mass is 235 g/mol. The van der Waals surface area contributed by atoms with Crippen molar-refractivity contribution in [2.45, 2.75) is 18.9 Å². The second-order valence-corrected chi connectivity index (χ2v) is 3.51. The molecule has 6 heteroatoms. The maximum Gasteiger partial charge on any atom is 0.303 e. The molecule has 0 radical (unpaired) electrons. The number of nitrogens with zero attached hydrogens (tertiary/aromatic N) is 3. The molecule has 0 amide bonds.